The molecule has 2 aliphatic heterocycles. The number of ether oxygens (including phenoxy) is 1. The first-order valence-corrected chi connectivity index (χ1v) is 11.7. The van der Waals surface area contributed by atoms with Crippen molar-refractivity contribution in [3.63, 3.8) is 0 Å². The van der Waals surface area contributed by atoms with E-state index in [1.165, 1.54) is 5.00 Å². The van der Waals surface area contributed by atoms with E-state index in [0.717, 1.165) is 71.3 Å². The van der Waals surface area contributed by atoms with E-state index in [4.69, 9.17) is 9.73 Å². The summed E-state index contributed by atoms with van der Waals surface area (Å²) in [4.78, 5) is 10.0. The van der Waals surface area contributed by atoms with Crippen molar-refractivity contribution in [2.24, 2.45) is 10.9 Å². The number of nitrogens with zero attached hydrogens (tertiary/aromatic N) is 3. The highest BCUT2D eigenvalue weighted by atomic mass is 127. The number of aliphatic imine (C=N–C) groups is 1. The first-order valence-electron chi connectivity index (χ1n) is 10.8. The van der Waals surface area contributed by atoms with E-state index >= 15 is 0 Å². The van der Waals surface area contributed by atoms with Crippen LogP contribution < -0.4 is 15.5 Å². The Morgan fingerprint density at radius 2 is 1.97 bits per heavy atom. The van der Waals surface area contributed by atoms with E-state index < -0.39 is 0 Å². The van der Waals surface area contributed by atoms with E-state index in [0.29, 0.717) is 18.0 Å². The van der Waals surface area contributed by atoms with Crippen LogP contribution >= 0.6 is 35.3 Å². The number of nitrogens with one attached hydrogen (secondary N) is 2. The summed E-state index contributed by atoms with van der Waals surface area (Å²) >= 11 is 1.84. The van der Waals surface area contributed by atoms with E-state index in [2.05, 4.69) is 58.7 Å². The number of thiophene rings is 1. The van der Waals surface area contributed by atoms with Crippen LogP contribution in [0.5, 0.6) is 0 Å². The largest absolute Gasteiger partial charge is 0.379 e. The van der Waals surface area contributed by atoms with E-state index in [1.54, 1.807) is 0 Å². The molecule has 0 bridgehead atoms. The highest BCUT2D eigenvalue weighted by Gasteiger charge is 2.24. The van der Waals surface area contributed by atoms with Crippen molar-refractivity contribution in [2.75, 3.05) is 57.4 Å². The highest BCUT2D eigenvalue weighted by molar-refractivity contribution is 14.0. The number of piperidine rings is 1. The molecule has 0 aliphatic carbocycles. The van der Waals surface area contributed by atoms with Gasteiger partial charge in [-0.15, -0.1) is 35.3 Å². The summed E-state index contributed by atoms with van der Waals surface area (Å²) in [5.74, 6) is 1.55. The van der Waals surface area contributed by atoms with Crippen LogP contribution in [0.25, 0.3) is 0 Å². The lowest BCUT2D eigenvalue weighted by Crippen LogP contribution is -2.50. The molecule has 1 aromatic heterocycles. The maximum absolute atomic E-state index is 5.52. The van der Waals surface area contributed by atoms with Gasteiger partial charge in [-0.25, -0.2) is 0 Å². The van der Waals surface area contributed by atoms with Gasteiger partial charge in [0.15, 0.2) is 5.96 Å². The molecule has 0 aromatic carbocycles. The van der Waals surface area contributed by atoms with Gasteiger partial charge >= 0.3 is 0 Å². The van der Waals surface area contributed by atoms with Gasteiger partial charge in [-0.05, 0) is 43.2 Å². The summed E-state index contributed by atoms with van der Waals surface area (Å²) in [7, 11) is 0. The Balaban J connectivity index is 0.00000300. The van der Waals surface area contributed by atoms with Crippen LogP contribution in [0.4, 0.5) is 5.00 Å². The van der Waals surface area contributed by atoms with Crippen molar-refractivity contribution >= 4 is 46.3 Å². The molecule has 2 aliphatic rings. The molecule has 166 valence electrons. The minimum atomic E-state index is 0. The number of morpholine rings is 1. The maximum atomic E-state index is 5.52. The Morgan fingerprint density at radius 3 is 2.55 bits per heavy atom. The fourth-order valence-electron chi connectivity index (χ4n) is 4.05. The van der Waals surface area contributed by atoms with Gasteiger partial charge in [0.25, 0.3) is 0 Å². The number of rotatable bonds is 7. The molecule has 0 amide bonds. The summed E-state index contributed by atoms with van der Waals surface area (Å²) in [6, 6.07) is 5.33. The molecule has 1 unspecified atom stereocenters. The van der Waals surface area contributed by atoms with Crippen molar-refractivity contribution in [3.05, 3.63) is 17.5 Å². The number of guanidine groups is 1. The van der Waals surface area contributed by atoms with Crippen LogP contribution in [0.1, 0.15) is 33.6 Å². The molecular weight excluding hydrogens is 497 g/mol. The molecule has 8 heteroatoms. The molecular formula is C21H38IN5OS. The second-order valence-corrected chi connectivity index (χ2v) is 8.96. The van der Waals surface area contributed by atoms with Gasteiger partial charge in [-0.3, -0.25) is 9.89 Å². The third kappa shape index (κ3) is 7.56. The van der Waals surface area contributed by atoms with Crippen molar-refractivity contribution in [3.8, 4) is 0 Å². The van der Waals surface area contributed by atoms with Gasteiger partial charge in [0.05, 0.1) is 24.8 Å². The number of anilines is 1. The van der Waals surface area contributed by atoms with Crippen LogP contribution in [-0.4, -0.2) is 75.4 Å². The second-order valence-electron chi connectivity index (χ2n) is 8.04. The summed E-state index contributed by atoms with van der Waals surface area (Å²) in [5, 5.41) is 10.7. The summed E-state index contributed by atoms with van der Waals surface area (Å²) in [6.45, 7) is 14.4. The molecule has 29 heavy (non-hydrogen) atoms. The van der Waals surface area contributed by atoms with Crippen LogP contribution in [-0.2, 0) is 4.74 Å². The standard InChI is InChI=1S/C21H37N5OS.HI/c1-4-22-21(23-16-19(17(2)3)25-11-13-27-14-12-25)24-18-7-9-26(10-8-18)20-6-5-15-28-20;/h5-6,15,17-19H,4,7-14,16H2,1-3H3,(H2,22,23,24);1H. The van der Waals surface area contributed by atoms with Crippen molar-refractivity contribution in [1.82, 2.24) is 15.5 Å². The number of hydrogen-bond donors (Lipinski definition) is 2. The average molecular weight is 536 g/mol. The molecule has 2 saturated heterocycles. The molecule has 3 heterocycles. The van der Waals surface area contributed by atoms with E-state index in [9.17, 15) is 0 Å². The molecule has 6 nitrogen and oxygen atoms in total. The first-order chi connectivity index (χ1) is 13.7. The first kappa shape index (κ1) is 24.7. The highest BCUT2D eigenvalue weighted by Crippen LogP contribution is 2.24. The SMILES string of the molecule is CCNC(=NCC(C(C)C)N1CCOCC1)NC1CCN(c2cccs2)CC1.I. The van der Waals surface area contributed by atoms with Gasteiger partial charge in [0, 0.05) is 44.8 Å². The Hall–Kier alpha value is -0.580. The lowest BCUT2D eigenvalue weighted by atomic mass is 10.0. The summed E-state index contributed by atoms with van der Waals surface area (Å²) in [5.41, 5.74) is 0. The van der Waals surface area contributed by atoms with Crippen LogP contribution in [0.15, 0.2) is 22.5 Å². The third-order valence-corrected chi connectivity index (χ3v) is 6.65. The normalized spacial score (nSPS) is 20.4. The zero-order valence-electron chi connectivity index (χ0n) is 18.1. The molecule has 0 radical (unpaired) electrons. The Bertz CT molecular complexity index is 584. The Morgan fingerprint density at radius 1 is 1.24 bits per heavy atom. The average Bonchev–Trinajstić information content (AvgIpc) is 3.24. The smallest absolute Gasteiger partial charge is 0.191 e. The van der Waals surface area contributed by atoms with Gasteiger partial charge in [0.1, 0.15) is 0 Å². The van der Waals surface area contributed by atoms with Crippen LogP contribution in [0, 0.1) is 5.92 Å². The van der Waals surface area contributed by atoms with Gasteiger partial charge < -0.3 is 20.3 Å². The molecule has 0 saturated carbocycles. The number of halogens is 1. The minimum Gasteiger partial charge on any atom is -0.379 e. The van der Waals surface area contributed by atoms with Crippen molar-refractivity contribution in [2.45, 2.75) is 45.7 Å². The van der Waals surface area contributed by atoms with E-state index in [-0.39, 0.29) is 24.0 Å². The molecule has 2 N–H and O–H groups in total. The monoisotopic (exact) mass is 535 g/mol. The summed E-state index contributed by atoms with van der Waals surface area (Å²) < 4.78 is 5.52. The molecule has 2 fully saturated rings. The van der Waals surface area contributed by atoms with Crippen LogP contribution in [0.3, 0.4) is 0 Å². The third-order valence-electron chi connectivity index (χ3n) is 5.72. The predicted molar refractivity (Wildman–Crippen MR) is 135 cm³/mol. The Kier molecular flexibility index (Phi) is 11.0. The molecule has 0 spiro atoms. The zero-order valence-corrected chi connectivity index (χ0v) is 21.2. The minimum absolute atomic E-state index is 0. The second kappa shape index (κ2) is 13.0. The zero-order chi connectivity index (χ0) is 19.8. The molecule has 1 atom stereocenters. The molecule has 3 rings (SSSR count). The predicted octanol–water partition coefficient (Wildman–Crippen LogP) is 3.25. The number of hydrogen-bond acceptors (Lipinski definition) is 5. The maximum Gasteiger partial charge on any atom is 0.191 e. The topological polar surface area (TPSA) is 52.1 Å². The quantitative estimate of drug-likeness (QED) is 0.319. The lowest BCUT2D eigenvalue weighted by Gasteiger charge is -2.36. The van der Waals surface area contributed by atoms with Gasteiger partial charge in [-0.1, -0.05) is 13.8 Å². The molecule has 1 aromatic rings. The fraction of sp³-hybridized carbons (Fsp3) is 0.762. The van der Waals surface area contributed by atoms with E-state index in [1.807, 2.05) is 11.3 Å². The summed E-state index contributed by atoms with van der Waals surface area (Å²) in [6.07, 6.45) is 2.30. The van der Waals surface area contributed by atoms with Gasteiger partial charge in [0.2, 0.25) is 0 Å². The van der Waals surface area contributed by atoms with Crippen molar-refractivity contribution in [1.29, 1.82) is 0 Å². The fourth-order valence-corrected chi connectivity index (χ4v) is 4.83. The van der Waals surface area contributed by atoms with Crippen LogP contribution in [0.2, 0.25) is 0 Å². The van der Waals surface area contributed by atoms with Crippen molar-refractivity contribution < 1.29 is 4.74 Å². The Labute approximate surface area is 197 Å². The van der Waals surface area contributed by atoms with Gasteiger partial charge in [-0.2, -0.15) is 0 Å². The lowest BCUT2D eigenvalue weighted by molar-refractivity contribution is 0.00867.